The van der Waals surface area contributed by atoms with Crippen molar-refractivity contribution in [2.24, 2.45) is 0 Å². The molecule has 1 fully saturated rings. The van der Waals surface area contributed by atoms with Crippen LogP contribution in [0.3, 0.4) is 0 Å². The SMILES string of the molecule is CCn1c(=O)c2ccccc2n2c(CN3CCN(C(=O)c4ccc(C)o4)CC3)nnc12. The highest BCUT2D eigenvalue weighted by Crippen LogP contribution is 2.17. The van der Waals surface area contributed by atoms with Crippen LogP contribution in [0.25, 0.3) is 16.7 Å². The molecule has 0 atom stereocenters. The van der Waals surface area contributed by atoms with Gasteiger partial charge in [0.15, 0.2) is 11.6 Å². The van der Waals surface area contributed by atoms with Crippen molar-refractivity contribution < 1.29 is 9.21 Å². The summed E-state index contributed by atoms with van der Waals surface area (Å²) in [6, 6.07) is 11.1. The summed E-state index contributed by atoms with van der Waals surface area (Å²) in [5, 5.41) is 9.39. The lowest BCUT2D eigenvalue weighted by molar-refractivity contribution is 0.0593. The van der Waals surface area contributed by atoms with E-state index in [1.807, 2.05) is 47.4 Å². The molecule has 0 aliphatic carbocycles. The van der Waals surface area contributed by atoms with Crippen molar-refractivity contribution in [3.8, 4) is 0 Å². The van der Waals surface area contributed by atoms with E-state index in [4.69, 9.17) is 4.42 Å². The third kappa shape index (κ3) is 3.31. The maximum Gasteiger partial charge on any atom is 0.289 e. The summed E-state index contributed by atoms with van der Waals surface area (Å²) >= 11 is 0. The zero-order valence-corrected chi connectivity index (χ0v) is 17.6. The lowest BCUT2D eigenvalue weighted by Crippen LogP contribution is -2.48. The average Bonchev–Trinajstić information content (AvgIpc) is 3.41. The Bertz CT molecular complexity index is 1330. The van der Waals surface area contributed by atoms with Crippen molar-refractivity contribution in [2.75, 3.05) is 26.2 Å². The van der Waals surface area contributed by atoms with Gasteiger partial charge in [-0.05, 0) is 38.1 Å². The molecule has 9 nitrogen and oxygen atoms in total. The highest BCUT2D eigenvalue weighted by Gasteiger charge is 2.25. The molecule has 0 bridgehead atoms. The van der Waals surface area contributed by atoms with Crippen molar-refractivity contribution in [1.82, 2.24) is 29.0 Å². The summed E-state index contributed by atoms with van der Waals surface area (Å²) in [4.78, 5) is 29.5. The molecule has 1 aliphatic rings. The van der Waals surface area contributed by atoms with Gasteiger partial charge in [-0.3, -0.25) is 23.5 Å². The Kier molecular flexibility index (Phi) is 4.82. The van der Waals surface area contributed by atoms with Gasteiger partial charge in [0.1, 0.15) is 5.76 Å². The molecular formula is C22H24N6O3. The number of furan rings is 1. The van der Waals surface area contributed by atoms with Gasteiger partial charge >= 0.3 is 0 Å². The number of para-hydroxylation sites is 1. The second kappa shape index (κ2) is 7.66. The van der Waals surface area contributed by atoms with Crippen LogP contribution in [0.15, 0.2) is 45.6 Å². The van der Waals surface area contributed by atoms with Crippen LogP contribution in [0.1, 0.15) is 29.1 Å². The monoisotopic (exact) mass is 420 g/mol. The Morgan fingerprint density at radius 1 is 1.06 bits per heavy atom. The number of aromatic nitrogens is 4. The Labute approximate surface area is 178 Å². The molecule has 5 rings (SSSR count). The van der Waals surface area contributed by atoms with E-state index in [0.717, 1.165) is 30.2 Å². The topological polar surface area (TPSA) is 88.9 Å². The van der Waals surface area contributed by atoms with Crippen LogP contribution >= 0.6 is 0 Å². The Balaban J connectivity index is 1.39. The molecule has 3 aromatic heterocycles. The average molecular weight is 420 g/mol. The molecule has 0 saturated carbocycles. The summed E-state index contributed by atoms with van der Waals surface area (Å²) in [7, 11) is 0. The van der Waals surface area contributed by atoms with E-state index in [-0.39, 0.29) is 11.5 Å². The first-order valence-electron chi connectivity index (χ1n) is 10.5. The number of carbonyl (C=O) groups is 1. The van der Waals surface area contributed by atoms with Gasteiger partial charge in [-0.15, -0.1) is 10.2 Å². The minimum atomic E-state index is -0.0707. The van der Waals surface area contributed by atoms with Crippen LogP contribution in [-0.2, 0) is 13.1 Å². The molecule has 160 valence electrons. The van der Waals surface area contributed by atoms with E-state index in [0.29, 0.717) is 43.1 Å². The lowest BCUT2D eigenvalue weighted by Gasteiger charge is -2.33. The summed E-state index contributed by atoms with van der Waals surface area (Å²) in [5.74, 6) is 2.40. The normalized spacial score (nSPS) is 15.2. The van der Waals surface area contributed by atoms with Crippen molar-refractivity contribution in [3.63, 3.8) is 0 Å². The Hall–Kier alpha value is -3.46. The second-order valence-corrected chi connectivity index (χ2v) is 7.80. The first-order valence-corrected chi connectivity index (χ1v) is 10.5. The molecule has 0 unspecified atom stereocenters. The van der Waals surface area contributed by atoms with Crippen molar-refractivity contribution >= 4 is 22.6 Å². The predicted molar refractivity (Wildman–Crippen MR) is 115 cm³/mol. The molecule has 1 amide bonds. The van der Waals surface area contributed by atoms with E-state index in [1.54, 1.807) is 16.7 Å². The maximum absolute atomic E-state index is 12.8. The van der Waals surface area contributed by atoms with E-state index >= 15 is 0 Å². The molecule has 31 heavy (non-hydrogen) atoms. The number of aryl methyl sites for hydroxylation is 2. The Morgan fingerprint density at radius 3 is 2.55 bits per heavy atom. The van der Waals surface area contributed by atoms with Gasteiger partial charge in [-0.1, -0.05) is 12.1 Å². The highest BCUT2D eigenvalue weighted by atomic mass is 16.3. The molecule has 0 radical (unpaired) electrons. The summed E-state index contributed by atoms with van der Waals surface area (Å²) < 4.78 is 9.11. The van der Waals surface area contributed by atoms with E-state index in [9.17, 15) is 9.59 Å². The molecule has 4 heterocycles. The number of carbonyl (C=O) groups excluding carboxylic acids is 1. The first kappa shape index (κ1) is 19.5. The number of benzene rings is 1. The molecule has 1 aromatic carbocycles. The lowest BCUT2D eigenvalue weighted by atomic mass is 10.2. The van der Waals surface area contributed by atoms with Crippen LogP contribution in [-0.4, -0.2) is 61.1 Å². The number of amides is 1. The third-order valence-electron chi connectivity index (χ3n) is 5.87. The summed E-state index contributed by atoms with van der Waals surface area (Å²) in [6.45, 7) is 7.58. The van der Waals surface area contributed by atoms with Crippen LogP contribution in [0, 0.1) is 6.92 Å². The molecule has 9 heteroatoms. The third-order valence-corrected chi connectivity index (χ3v) is 5.87. The zero-order chi connectivity index (χ0) is 21.5. The minimum Gasteiger partial charge on any atom is -0.456 e. The van der Waals surface area contributed by atoms with Gasteiger partial charge < -0.3 is 9.32 Å². The predicted octanol–water partition coefficient (Wildman–Crippen LogP) is 1.92. The smallest absolute Gasteiger partial charge is 0.289 e. The number of hydrogen-bond donors (Lipinski definition) is 0. The van der Waals surface area contributed by atoms with Crippen molar-refractivity contribution in [3.05, 3.63) is 64.1 Å². The van der Waals surface area contributed by atoms with Crippen LogP contribution < -0.4 is 5.56 Å². The molecular weight excluding hydrogens is 396 g/mol. The fraction of sp³-hybridized carbons (Fsp3) is 0.364. The number of nitrogens with zero attached hydrogens (tertiary/aromatic N) is 6. The largest absolute Gasteiger partial charge is 0.456 e. The Morgan fingerprint density at radius 2 is 1.84 bits per heavy atom. The molecule has 1 saturated heterocycles. The van der Waals surface area contributed by atoms with Gasteiger partial charge in [0, 0.05) is 32.7 Å². The zero-order valence-electron chi connectivity index (χ0n) is 17.6. The van der Waals surface area contributed by atoms with Crippen molar-refractivity contribution in [1.29, 1.82) is 0 Å². The van der Waals surface area contributed by atoms with Crippen LogP contribution in [0.2, 0.25) is 0 Å². The van der Waals surface area contributed by atoms with Gasteiger partial charge in [0.05, 0.1) is 17.4 Å². The quantitative estimate of drug-likeness (QED) is 0.501. The number of rotatable bonds is 4. The van der Waals surface area contributed by atoms with E-state index in [2.05, 4.69) is 15.1 Å². The fourth-order valence-electron chi connectivity index (χ4n) is 4.22. The molecule has 4 aromatic rings. The highest BCUT2D eigenvalue weighted by molar-refractivity contribution is 5.91. The van der Waals surface area contributed by atoms with Gasteiger partial charge in [0.2, 0.25) is 5.78 Å². The summed E-state index contributed by atoms with van der Waals surface area (Å²) in [5.41, 5.74) is 0.763. The van der Waals surface area contributed by atoms with Gasteiger partial charge in [0.25, 0.3) is 11.5 Å². The standard InChI is InChI=1S/C22H24N6O3/c1-3-27-20(29)16-6-4-5-7-17(16)28-19(23-24-22(27)28)14-25-10-12-26(13-11-25)21(30)18-9-8-15(2)31-18/h4-9H,3,10-14H2,1-2H3. The molecule has 1 aliphatic heterocycles. The van der Waals surface area contributed by atoms with Gasteiger partial charge in [-0.2, -0.15) is 0 Å². The minimum absolute atomic E-state index is 0.0511. The van der Waals surface area contributed by atoms with Crippen LogP contribution in [0.4, 0.5) is 0 Å². The summed E-state index contributed by atoms with van der Waals surface area (Å²) in [6.07, 6.45) is 0. The molecule has 0 spiro atoms. The maximum atomic E-state index is 12.8. The van der Waals surface area contributed by atoms with Crippen molar-refractivity contribution in [2.45, 2.75) is 26.9 Å². The number of fused-ring (bicyclic) bond motifs is 3. The van der Waals surface area contributed by atoms with Crippen LogP contribution in [0.5, 0.6) is 0 Å². The van der Waals surface area contributed by atoms with Gasteiger partial charge in [-0.25, -0.2) is 0 Å². The molecule has 0 N–H and O–H groups in total. The first-order chi connectivity index (χ1) is 15.1. The fourth-order valence-corrected chi connectivity index (χ4v) is 4.22. The number of piperazine rings is 1. The second-order valence-electron chi connectivity index (χ2n) is 7.80. The van der Waals surface area contributed by atoms with E-state index < -0.39 is 0 Å². The van der Waals surface area contributed by atoms with E-state index in [1.165, 1.54) is 0 Å². The number of hydrogen-bond acceptors (Lipinski definition) is 6.